The van der Waals surface area contributed by atoms with Crippen LogP contribution in [0.1, 0.15) is 34.5 Å². The number of ether oxygens (including phenoxy) is 1. The molecule has 124 valence electrons. The molecule has 1 heterocycles. The van der Waals surface area contributed by atoms with Crippen LogP contribution in [0.2, 0.25) is 0 Å². The minimum Gasteiger partial charge on any atom is -0.367 e. The van der Waals surface area contributed by atoms with Crippen LogP contribution in [0.3, 0.4) is 0 Å². The van der Waals surface area contributed by atoms with Gasteiger partial charge >= 0.3 is 5.97 Å². The van der Waals surface area contributed by atoms with E-state index in [-0.39, 0.29) is 0 Å². The van der Waals surface area contributed by atoms with E-state index in [0.29, 0.717) is 5.69 Å². The Labute approximate surface area is 155 Å². The van der Waals surface area contributed by atoms with E-state index in [4.69, 9.17) is 4.74 Å². The number of aryl methyl sites for hydroxylation is 1. The summed E-state index contributed by atoms with van der Waals surface area (Å²) in [4.78, 5) is 17.1. The zero-order chi connectivity index (χ0) is 17.2. The highest BCUT2D eigenvalue weighted by molar-refractivity contribution is 9.09. The number of benzene rings is 1. The summed E-state index contributed by atoms with van der Waals surface area (Å²) in [6, 6.07) is 11.5. The Morgan fingerprint density at radius 2 is 2.04 bits per heavy atom. The van der Waals surface area contributed by atoms with Gasteiger partial charge in [-0.3, -0.25) is 0 Å². The van der Waals surface area contributed by atoms with Crippen LogP contribution in [0.5, 0.6) is 0 Å². The first-order valence-electron chi connectivity index (χ1n) is 7.63. The smallest absolute Gasteiger partial charge is 0.367 e. The van der Waals surface area contributed by atoms with Crippen molar-refractivity contribution in [3.8, 4) is 12.0 Å². The number of aromatic nitrogens is 1. The predicted molar refractivity (Wildman–Crippen MR) is 101 cm³/mol. The number of carbonyl (C=O) groups is 1. The van der Waals surface area contributed by atoms with Crippen LogP contribution in [0.25, 0.3) is 0 Å². The third kappa shape index (κ3) is 6.03. The van der Waals surface area contributed by atoms with Gasteiger partial charge in [-0.05, 0) is 67.3 Å². The molecule has 0 spiro atoms. The fourth-order valence-corrected chi connectivity index (χ4v) is 3.21. The molecule has 0 radical (unpaired) electrons. The number of alkyl halides is 1. The lowest BCUT2D eigenvalue weighted by atomic mass is 10.2. The first kappa shape index (κ1) is 18.6. The highest BCUT2D eigenvalue weighted by atomic mass is 79.9. The van der Waals surface area contributed by atoms with Crippen molar-refractivity contribution >= 4 is 33.7 Å². The maximum absolute atomic E-state index is 11.9. The van der Waals surface area contributed by atoms with Crippen LogP contribution < -0.4 is 0 Å². The number of pyridine rings is 1. The predicted octanol–water partition coefficient (Wildman–Crippen LogP) is 4.82. The van der Waals surface area contributed by atoms with Crippen molar-refractivity contribution in [2.45, 2.75) is 24.7 Å². The van der Waals surface area contributed by atoms with E-state index < -0.39 is 5.97 Å². The van der Waals surface area contributed by atoms with Gasteiger partial charge in [0, 0.05) is 22.0 Å². The summed E-state index contributed by atoms with van der Waals surface area (Å²) in [7, 11) is 0. The van der Waals surface area contributed by atoms with E-state index in [1.54, 1.807) is 12.3 Å². The Balaban J connectivity index is 1.87. The molecule has 2 aromatic rings. The number of hydrogen-bond donors (Lipinski definition) is 0. The van der Waals surface area contributed by atoms with Crippen molar-refractivity contribution < 1.29 is 9.53 Å². The molecule has 2 rings (SSSR count). The van der Waals surface area contributed by atoms with Crippen molar-refractivity contribution in [3.05, 3.63) is 59.4 Å². The normalized spacial score (nSPS) is 9.92. The molecule has 5 heteroatoms. The second kappa shape index (κ2) is 10.2. The number of thioether (sulfide) groups is 1. The molecule has 0 amide bonds. The van der Waals surface area contributed by atoms with Gasteiger partial charge in [-0.1, -0.05) is 22.0 Å². The molecule has 0 saturated carbocycles. The zero-order valence-corrected chi connectivity index (χ0v) is 15.8. The van der Waals surface area contributed by atoms with Crippen LogP contribution in [0.15, 0.2) is 47.5 Å². The number of nitrogens with zero attached hydrogens (tertiary/aromatic N) is 1. The Bertz CT molecular complexity index is 735. The molecular weight excluding hydrogens is 386 g/mol. The van der Waals surface area contributed by atoms with E-state index in [9.17, 15) is 4.79 Å². The summed E-state index contributed by atoms with van der Waals surface area (Å²) in [5, 5.41) is 1.05. The van der Waals surface area contributed by atoms with E-state index >= 15 is 0 Å². The van der Waals surface area contributed by atoms with Crippen molar-refractivity contribution in [2.75, 3.05) is 11.1 Å². The SMILES string of the molecule is Cc1cccnc1C(=O)OC#Cc1ccc(SCCCCBr)cc1. The monoisotopic (exact) mass is 403 g/mol. The lowest BCUT2D eigenvalue weighted by Crippen LogP contribution is -2.05. The Morgan fingerprint density at radius 3 is 2.75 bits per heavy atom. The fourth-order valence-electron chi connectivity index (χ4n) is 1.90. The third-order valence-electron chi connectivity index (χ3n) is 3.19. The summed E-state index contributed by atoms with van der Waals surface area (Å²) >= 11 is 5.27. The maximum atomic E-state index is 11.9. The molecule has 0 bridgehead atoms. The number of unbranched alkanes of at least 4 members (excludes halogenated alkanes) is 1. The molecule has 0 N–H and O–H groups in total. The van der Waals surface area contributed by atoms with Gasteiger partial charge in [0.05, 0.1) is 0 Å². The molecule has 1 aromatic carbocycles. The molecule has 0 unspecified atom stereocenters. The molecule has 0 atom stereocenters. The second-order valence-corrected chi connectivity index (χ2v) is 7.02. The van der Waals surface area contributed by atoms with Crippen LogP contribution in [0.4, 0.5) is 0 Å². The van der Waals surface area contributed by atoms with Crippen LogP contribution >= 0.6 is 27.7 Å². The minimum atomic E-state index is -0.528. The lowest BCUT2D eigenvalue weighted by Gasteiger charge is -2.01. The molecule has 0 saturated heterocycles. The van der Waals surface area contributed by atoms with Crippen molar-refractivity contribution in [1.29, 1.82) is 0 Å². The van der Waals surface area contributed by atoms with Crippen LogP contribution in [-0.4, -0.2) is 22.0 Å². The van der Waals surface area contributed by atoms with Gasteiger partial charge in [0.15, 0.2) is 5.69 Å². The number of carbonyl (C=O) groups excluding carboxylic acids is 1. The number of rotatable bonds is 6. The first-order chi connectivity index (χ1) is 11.7. The standard InChI is InChI=1S/C19H18BrNO2S/c1-15-5-4-12-21-18(15)19(22)23-13-10-16-6-8-17(9-7-16)24-14-3-2-11-20/h4-9,12H,2-3,11,14H2,1H3. The molecule has 0 aliphatic carbocycles. The van der Waals surface area contributed by atoms with Gasteiger partial charge in [-0.15, -0.1) is 11.8 Å². The highest BCUT2D eigenvalue weighted by Gasteiger charge is 2.10. The fraction of sp³-hybridized carbons (Fsp3) is 0.263. The number of hydrogen-bond acceptors (Lipinski definition) is 4. The second-order valence-electron chi connectivity index (χ2n) is 5.05. The van der Waals surface area contributed by atoms with Crippen molar-refractivity contribution in [2.24, 2.45) is 0 Å². The summed E-state index contributed by atoms with van der Waals surface area (Å²) in [5.74, 6) is 3.41. The van der Waals surface area contributed by atoms with Gasteiger partial charge in [0.1, 0.15) is 6.11 Å². The summed E-state index contributed by atoms with van der Waals surface area (Å²) in [5.41, 5.74) is 1.87. The van der Waals surface area contributed by atoms with Gasteiger partial charge < -0.3 is 4.74 Å². The zero-order valence-electron chi connectivity index (χ0n) is 13.4. The van der Waals surface area contributed by atoms with Gasteiger partial charge in [-0.25, -0.2) is 9.78 Å². The Morgan fingerprint density at radius 1 is 1.25 bits per heavy atom. The first-order valence-corrected chi connectivity index (χ1v) is 9.74. The van der Waals surface area contributed by atoms with Gasteiger partial charge in [0.25, 0.3) is 0 Å². The number of halogens is 1. The van der Waals surface area contributed by atoms with E-state index in [1.807, 2.05) is 49.0 Å². The molecule has 1 aromatic heterocycles. The van der Waals surface area contributed by atoms with Gasteiger partial charge in [-0.2, -0.15) is 0 Å². The summed E-state index contributed by atoms with van der Waals surface area (Å²) in [6.07, 6.45) is 6.40. The summed E-state index contributed by atoms with van der Waals surface area (Å²) < 4.78 is 4.96. The Hall–Kier alpha value is -1.77. The van der Waals surface area contributed by atoms with E-state index in [1.165, 1.54) is 17.7 Å². The molecule has 24 heavy (non-hydrogen) atoms. The average Bonchev–Trinajstić information content (AvgIpc) is 2.60. The molecule has 0 fully saturated rings. The minimum absolute atomic E-state index is 0.294. The third-order valence-corrected chi connectivity index (χ3v) is 4.85. The Kier molecular flexibility index (Phi) is 7.87. The van der Waals surface area contributed by atoms with Crippen LogP contribution in [-0.2, 0) is 4.74 Å². The topological polar surface area (TPSA) is 39.2 Å². The summed E-state index contributed by atoms with van der Waals surface area (Å²) in [6.45, 7) is 1.81. The van der Waals surface area contributed by atoms with Crippen LogP contribution in [0, 0.1) is 19.0 Å². The van der Waals surface area contributed by atoms with Gasteiger partial charge in [0.2, 0.25) is 0 Å². The van der Waals surface area contributed by atoms with Crippen molar-refractivity contribution in [3.63, 3.8) is 0 Å². The molecular formula is C19H18BrNO2S. The largest absolute Gasteiger partial charge is 0.371 e. The van der Waals surface area contributed by atoms with Crippen molar-refractivity contribution in [1.82, 2.24) is 4.98 Å². The molecule has 0 aliphatic rings. The average molecular weight is 404 g/mol. The maximum Gasteiger partial charge on any atom is 0.371 e. The highest BCUT2D eigenvalue weighted by Crippen LogP contribution is 2.19. The molecule has 3 nitrogen and oxygen atoms in total. The number of esters is 1. The molecule has 0 aliphatic heterocycles. The lowest BCUT2D eigenvalue weighted by molar-refractivity contribution is 0.0683. The quantitative estimate of drug-likeness (QED) is 0.228. The van der Waals surface area contributed by atoms with E-state index in [2.05, 4.69) is 32.9 Å². The van der Waals surface area contributed by atoms with E-state index in [0.717, 1.165) is 22.2 Å².